The molecule has 1 aromatic heterocycles. The topological polar surface area (TPSA) is 79.3 Å². The number of aromatic nitrogens is 2. The van der Waals surface area contributed by atoms with Gasteiger partial charge in [0.05, 0.1) is 11.4 Å². The maximum absolute atomic E-state index is 13.5. The van der Waals surface area contributed by atoms with Gasteiger partial charge in [0.1, 0.15) is 12.4 Å². The lowest BCUT2D eigenvalue weighted by Gasteiger charge is -2.23. The van der Waals surface area contributed by atoms with E-state index in [2.05, 4.69) is 17.6 Å². The van der Waals surface area contributed by atoms with Crippen molar-refractivity contribution in [1.82, 2.24) is 14.7 Å². The Hall–Kier alpha value is -4.39. The van der Waals surface area contributed by atoms with Gasteiger partial charge in [-0.25, -0.2) is 9.48 Å². The van der Waals surface area contributed by atoms with Crippen LogP contribution in [0.5, 0.6) is 0 Å². The van der Waals surface area contributed by atoms with Gasteiger partial charge < -0.3 is 15.5 Å². The quantitative estimate of drug-likeness (QED) is 0.247. The van der Waals surface area contributed by atoms with Crippen LogP contribution in [0.2, 0.25) is 0 Å². The molecule has 0 fully saturated rings. The van der Waals surface area contributed by atoms with Gasteiger partial charge in [-0.2, -0.15) is 5.10 Å². The predicted molar refractivity (Wildman–Crippen MR) is 159 cm³/mol. The first-order valence-electron chi connectivity index (χ1n) is 13.4. The highest BCUT2D eigenvalue weighted by Crippen LogP contribution is 2.33. The van der Waals surface area contributed by atoms with Gasteiger partial charge in [-0.3, -0.25) is 4.79 Å². The van der Waals surface area contributed by atoms with E-state index >= 15 is 0 Å². The van der Waals surface area contributed by atoms with Crippen LogP contribution in [0.25, 0.3) is 16.8 Å². The molecule has 0 aliphatic rings. The van der Waals surface area contributed by atoms with Crippen molar-refractivity contribution in [1.29, 1.82) is 0 Å². The van der Waals surface area contributed by atoms with E-state index in [9.17, 15) is 9.59 Å². The molecule has 202 valence electrons. The number of hydrogen-bond acceptors (Lipinski definition) is 3. The van der Waals surface area contributed by atoms with Crippen molar-refractivity contribution < 1.29 is 9.59 Å². The molecule has 39 heavy (non-hydrogen) atoms. The third-order valence-electron chi connectivity index (χ3n) is 6.91. The zero-order valence-corrected chi connectivity index (χ0v) is 23.4. The Morgan fingerprint density at radius 3 is 2.28 bits per heavy atom. The van der Waals surface area contributed by atoms with E-state index in [4.69, 9.17) is 5.10 Å². The Kier molecular flexibility index (Phi) is 8.81. The summed E-state index contributed by atoms with van der Waals surface area (Å²) >= 11 is 0. The van der Waals surface area contributed by atoms with Crippen LogP contribution in [0.4, 0.5) is 16.3 Å². The van der Waals surface area contributed by atoms with E-state index in [1.807, 2.05) is 100 Å². The molecule has 0 unspecified atom stereocenters. The van der Waals surface area contributed by atoms with E-state index in [1.54, 1.807) is 9.58 Å². The summed E-state index contributed by atoms with van der Waals surface area (Å²) < 4.78 is 1.77. The Morgan fingerprint density at radius 2 is 1.59 bits per heavy atom. The number of anilines is 2. The van der Waals surface area contributed by atoms with Crippen molar-refractivity contribution in [3.05, 3.63) is 95.2 Å². The molecule has 0 spiro atoms. The summed E-state index contributed by atoms with van der Waals surface area (Å²) in [5, 5.41) is 10.9. The first-order chi connectivity index (χ1) is 18.8. The molecule has 3 aromatic carbocycles. The first-order valence-corrected chi connectivity index (χ1v) is 13.4. The van der Waals surface area contributed by atoms with Crippen LogP contribution in [-0.4, -0.2) is 39.7 Å². The van der Waals surface area contributed by atoms with Gasteiger partial charge in [0.25, 0.3) is 0 Å². The number of carbonyl (C=O) groups is 2. The number of unbranched alkanes of at least 4 members (excludes halogenated alkanes) is 1. The summed E-state index contributed by atoms with van der Waals surface area (Å²) in [6, 6.07) is 23.4. The van der Waals surface area contributed by atoms with Gasteiger partial charge in [-0.05, 0) is 69.0 Å². The zero-order chi connectivity index (χ0) is 27.9. The molecule has 7 heteroatoms. The number of hydrogen-bond donors (Lipinski definition) is 2. The van der Waals surface area contributed by atoms with E-state index < -0.39 is 0 Å². The molecule has 0 atom stereocenters. The molecule has 0 radical (unpaired) electrons. The molecule has 1 heterocycles. The average molecular weight is 524 g/mol. The number of urea groups is 1. The minimum Gasteiger partial charge on any atom is -0.315 e. The molecule has 0 aliphatic carbocycles. The van der Waals surface area contributed by atoms with Crippen LogP contribution in [0.15, 0.2) is 72.8 Å². The number of rotatable bonds is 9. The van der Waals surface area contributed by atoms with Gasteiger partial charge in [-0.1, -0.05) is 73.5 Å². The number of aryl methyl sites for hydroxylation is 3. The lowest BCUT2D eigenvalue weighted by atomic mass is 10.1. The minimum atomic E-state index is -0.293. The van der Waals surface area contributed by atoms with Crippen LogP contribution < -0.4 is 10.6 Å². The number of nitrogens with one attached hydrogen (secondary N) is 2. The highest BCUT2D eigenvalue weighted by molar-refractivity contribution is 5.99. The fourth-order valence-corrected chi connectivity index (χ4v) is 4.49. The van der Waals surface area contributed by atoms with E-state index in [0.717, 1.165) is 57.7 Å². The normalized spacial score (nSPS) is 10.8. The monoisotopic (exact) mass is 523 g/mol. The van der Waals surface area contributed by atoms with Gasteiger partial charge >= 0.3 is 6.03 Å². The highest BCUT2D eigenvalue weighted by atomic mass is 16.2. The SMILES string of the molecule is CCCCN(CC(=O)Nc1c(-c2ccccc2)c(C)nn1-c1ccc(C)cc1)C(=O)Nc1cccc(C)c1C. The third kappa shape index (κ3) is 6.55. The molecule has 2 N–H and O–H groups in total. The predicted octanol–water partition coefficient (Wildman–Crippen LogP) is 7.05. The summed E-state index contributed by atoms with van der Waals surface area (Å²) in [5.74, 6) is 0.297. The molecular weight excluding hydrogens is 486 g/mol. The molecule has 0 saturated carbocycles. The zero-order valence-electron chi connectivity index (χ0n) is 23.4. The molecule has 4 rings (SSSR count). The van der Waals surface area contributed by atoms with Crippen LogP contribution in [0, 0.1) is 27.7 Å². The van der Waals surface area contributed by atoms with Gasteiger partial charge in [0.15, 0.2) is 0 Å². The number of amides is 3. The smallest absolute Gasteiger partial charge is 0.315 e. The summed E-state index contributed by atoms with van der Waals surface area (Å²) in [4.78, 5) is 28.4. The second-order valence-corrected chi connectivity index (χ2v) is 9.92. The fourth-order valence-electron chi connectivity index (χ4n) is 4.49. The Morgan fingerprint density at radius 1 is 0.872 bits per heavy atom. The van der Waals surface area contributed by atoms with Gasteiger partial charge in [0, 0.05) is 17.8 Å². The summed E-state index contributed by atoms with van der Waals surface area (Å²) in [7, 11) is 0. The second-order valence-electron chi connectivity index (χ2n) is 9.92. The van der Waals surface area contributed by atoms with Gasteiger partial charge in [-0.15, -0.1) is 0 Å². The van der Waals surface area contributed by atoms with Crippen molar-refractivity contribution in [2.24, 2.45) is 0 Å². The maximum Gasteiger partial charge on any atom is 0.322 e. The van der Waals surface area contributed by atoms with Crippen molar-refractivity contribution in [3.63, 3.8) is 0 Å². The summed E-state index contributed by atoms with van der Waals surface area (Å²) in [5.41, 5.74) is 7.45. The van der Waals surface area contributed by atoms with Crippen LogP contribution >= 0.6 is 0 Å². The largest absolute Gasteiger partial charge is 0.322 e. The van der Waals surface area contributed by atoms with Crippen molar-refractivity contribution in [2.45, 2.75) is 47.5 Å². The number of carbonyl (C=O) groups excluding carboxylic acids is 2. The van der Waals surface area contributed by atoms with E-state index in [1.165, 1.54) is 0 Å². The van der Waals surface area contributed by atoms with Crippen LogP contribution in [-0.2, 0) is 4.79 Å². The van der Waals surface area contributed by atoms with Crippen LogP contribution in [0.1, 0.15) is 42.1 Å². The van der Waals surface area contributed by atoms with Crippen molar-refractivity contribution >= 4 is 23.4 Å². The average Bonchev–Trinajstić information content (AvgIpc) is 3.25. The first kappa shape index (κ1) is 27.6. The molecule has 0 aliphatic heterocycles. The van der Waals surface area contributed by atoms with E-state index in [-0.39, 0.29) is 18.5 Å². The van der Waals surface area contributed by atoms with Gasteiger partial charge in [0.2, 0.25) is 5.91 Å². The fraction of sp³-hybridized carbons (Fsp3) is 0.281. The van der Waals surface area contributed by atoms with Crippen LogP contribution in [0.3, 0.4) is 0 Å². The molecule has 3 amide bonds. The molecule has 4 aromatic rings. The van der Waals surface area contributed by atoms with Crippen molar-refractivity contribution in [2.75, 3.05) is 23.7 Å². The Labute approximate surface area is 230 Å². The van der Waals surface area contributed by atoms with Crippen molar-refractivity contribution in [3.8, 4) is 16.8 Å². The minimum absolute atomic E-state index is 0.0803. The summed E-state index contributed by atoms with van der Waals surface area (Å²) in [6.45, 7) is 10.4. The standard InChI is InChI=1S/C32H37N5O2/c1-6-7-20-36(32(39)33-28-15-11-12-23(3)24(28)4)21-29(38)34-31-30(26-13-9-8-10-14-26)25(5)35-37(31)27-18-16-22(2)17-19-27/h8-19H,6-7,20-21H2,1-5H3,(H,33,39)(H,34,38). The number of nitrogens with zero attached hydrogens (tertiary/aromatic N) is 3. The maximum atomic E-state index is 13.5. The lowest BCUT2D eigenvalue weighted by Crippen LogP contribution is -2.41. The summed E-state index contributed by atoms with van der Waals surface area (Å²) in [6.07, 6.45) is 1.70. The lowest BCUT2D eigenvalue weighted by molar-refractivity contribution is -0.116. The molecule has 0 bridgehead atoms. The van der Waals surface area contributed by atoms with E-state index in [0.29, 0.717) is 12.4 Å². The molecular formula is C32H37N5O2. The Balaban J connectivity index is 1.63. The Bertz CT molecular complexity index is 1440. The third-order valence-corrected chi connectivity index (χ3v) is 6.91. The molecule has 7 nitrogen and oxygen atoms in total. The second kappa shape index (κ2) is 12.4. The highest BCUT2D eigenvalue weighted by Gasteiger charge is 2.23. The molecule has 0 saturated heterocycles. The number of benzene rings is 3.